The summed E-state index contributed by atoms with van der Waals surface area (Å²) in [6.07, 6.45) is 0. The molecular weight excluding hydrogens is 540 g/mol. The van der Waals surface area contributed by atoms with Gasteiger partial charge in [-0.25, -0.2) is 18.7 Å². The number of hydrogen-bond acceptors (Lipinski definition) is 8. The Bertz CT molecular complexity index is 1940. The van der Waals surface area contributed by atoms with Crippen LogP contribution in [-0.2, 0) is 9.47 Å². The first-order valence-electron chi connectivity index (χ1n) is 12.8. The molecule has 210 valence electrons. The monoisotopic (exact) mass is 564 g/mol. The molecule has 0 fully saturated rings. The van der Waals surface area contributed by atoms with Crippen molar-refractivity contribution in [1.82, 2.24) is 9.13 Å². The van der Waals surface area contributed by atoms with Crippen LogP contribution in [0, 0.1) is 0 Å². The molecule has 0 bridgehead atoms. The number of nitrogens with zero attached hydrogens (tertiary/aromatic N) is 2. The van der Waals surface area contributed by atoms with Crippen molar-refractivity contribution < 1.29 is 19.1 Å². The van der Waals surface area contributed by atoms with E-state index in [0.717, 1.165) is 9.13 Å². The van der Waals surface area contributed by atoms with E-state index in [0.29, 0.717) is 11.1 Å². The van der Waals surface area contributed by atoms with Gasteiger partial charge >= 0.3 is 11.9 Å². The van der Waals surface area contributed by atoms with Crippen LogP contribution in [0.1, 0.15) is 34.6 Å². The predicted molar refractivity (Wildman–Crippen MR) is 158 cm³/mol. The molecule has 5 aromatic rings. The third kappa shape index (κ3) is 4.90. The Labute approximate surface area is 237 Å². The molecule has 0 saturated carbocycles. The number of esters is 2. The Morgan fingerprint density at radius 2 is 0.929 bits per heavy atom. The summed E-state index contributed by atoms with van der Waals surface area (Å²) in [4.78, 5) is 78.4. The fourth-order valence-corrected chi connectivity index (χ4v) is 4.53. The Hall–Kier alpha value is -5.64. The van der Waals surface area contributed by atoms with Crippen molar-refractivity contribution in [2.45, 2.75) is 13.8 Å². The average Bonchev–Trinajstić information content (AvgIpc) is 3.37. The second-order valence-electron chi connectivity index (χ2n) is 10.0. The zero-order chi connectivity index (χ0) is 30.3. The predicted octanol–water partition coefficient (Wildman–Crippen LogP) is 3.36. The maximum absolute atomic E-state index is 13.4. The van der Waals surface area contributed by atoms with Crippen molar-refractivity contribution in [3.63, 3.8) is 0 Å². The first-order chi connectivity index (χ1) is 20.0. The molecule has 0 atom stereocenters. The van der Waals surface area contributed by atoms with Crippen LogP contribution < -0.4 is 22.2 Å². The van der Waals surface area contributed by atoms with Gasteiger partial charge in [-0.05, 0) is 73.5 Å². The van der Waals surface area contributed by atoms with Gasteiger partial charge in [0.1, 0.15) is 13.2 Å². The second kappa shape index (κ2) is 10.7. The average molecular weight is 565 g/mol. The van der Waals surface area contributed by atoms with Gasteiger partial charge in [-0.2, -0.15) is 0 Å². The number of rotatable bonds is 8. The minimum Gasteiger partial charge on any atom is -0.458 e. The summed E-state index contributed by atoms with van der Waals surface area (Å²) in [5, 5.41) is -0.244. The third-order valence-corrected chi connectivity index (χ3v) is 6.47. The van der Waals surface area contributed by atoms with E-state index in [1.54, 1.807) is 13.8 Å². The van der Waals surface area contributed by atoms with Gasteiger partial charge in [-0.3, -0.25) is 19.2 Å². The van der Waals surface area contributed by atoms with E-state index in [-0.39, 0.29) is 57.3 Å². The van der Waals surface area contributed by atoms with Gasteiger partial charge in [0.2, 0.25) is 0 Å². The standard InChI is InChI=1S/C32H24N2O8/c1-17(2)15-41-31(39)19-7-5-9-21(11-19)33-27(35)23-13-25-26(14-24(23)28(33)36)30(38)34(29(25)37)22-10-6-8-20(12-22)32(40)42-16-18(3)4/h5-14H,1,3,15-16H2,2,4H3. The van der Waals surface area contributed by atoms with Gasteiger partial charge in [-0.1, -0.05) is 25.3 Å². The number of carbonyl (C=O) groups excluding carboxylic acids is 2. The van der Waals surface area contributed by atoms with Crippen LogP contribution in [0.3, 0.4) is 0 Å². The van der Waals surface area contributed by atoms with Crippen LogP contribution in [0.15, 0.2) is 104 Å². The van der Waals surface area contributed by atoms with Crippen LogP contribution in [0.4, 0.5) is 0 Å². The Morgan fingerprint density at radius 1 is 0.595 bits per heavy atom. The highest BCUT2D eigenvalue weighted by atomic mass is 16.5. The minimum absolute atomic E-state index is 0.0180. The van der Waals surface area contributed by atoms with E-state index < -0.39 is 34.2 Å². The number of carbonyl (C=O) groups is 2. The lowest BCUT2D eigenvalue weighted by molar-refractivity contribution is 0.0531. The van der Waals surface area contributed by atoms with Crippen LogP contribution in [0.5, 0.6) is 0 Å². The molecule has 10 nitrogen and oxygen atoms in total. The highest BCUT2D eigenvalue weighted by Crippen LogP contribution is 2.19. The van der Waals surface area contributed by atoms with Gasteiger partial charge < -0.3 is 9.47 Å². The molecule has 0 unspecified atom stereocenters. The van der Waals surface area contributed by atoms with Crippen molar-refractivity contribution in [2.75, 3.05) is 13.2 Å². The van der Waals surface area contributed by atoms with Gasteiger partial charge in [-0.15, -0.1) is 0 Å². The molecule has 0 amide bonds. The van der Waals surface area contributed by atoms with Crippen molar-refractivity contribution >= 4 is 33.5 Å². The highest BCUT2D eigenvalue weighted by Gasteiger charge is 2.22. The molecule has 10 heteroatoms. The fraction of sp³-hybridized carbons (Fsp3) is 0.125. The molecule has 0 aliphatic heterocycles. The molecule has 0 aliphatic carbocycles. The Morgan fingerprint density at radius 3 is 1.24 bits per heavy atom. The van der Waals surface area contributed by atoms with Gasteiger partial charge in [0.25, 0.3) is 22.2 Å². The van der Waals surface area contributed by atoms with E-state index in [4.69, 9.17) is 9.47 Å². The Balaban J connectivity index is 1.60. The largest absolute Gasteiger partial charge is 0.458 e. The summed E-state index contributed by atoms with van der Waals surface area (Å²) in [5.74, 6) is -1.31. The van der Waals surface area contributed by atoms with E-state index in [9.17, 15) is 28.8 Å². The zero-order valence-corrected chi connectivity index (χ0v) is 22.8. The fourth-order valence-electron chi connectivity index (χ4n) is 4.53. The summed E-state index contributed by atoms with van der Waals surface area (Å²) in [5.41, 5.74) is -1.08. The number of benzene rings is 3. The van der Waals surface area contributed by atoms with Crippen molar-refractivity contribution in [1.29, 1.82) is 0 Å². The molecule has 42 heavy (non-hydrogen) atoms. The molecule has 2 heterocycles. The molecule has 5 rings (SSSR count). The smallest absolute Gasteiger partial charge is 0.338 e. The van der Waals surface area contributed by atoms with Crippen LogP contribution in [0.25, 0.3) is 32.9 Å². The maximum Gasteiger partial charge on any atom is 0.338 e. The lowest BCUT2D eigenvalue weighted by atomic mass is 10.1. The molecule has 0 spiro atoms. The first kappa shape index (κ1) is 27.9. The van der Waals surface area contributed by atoms with Crippen LogP contribution >= 0.6 is 0 Å². The molecule has 0 radical (unpaired) electrons. The van der Waals surface area contributed by atoms with E-state index in [2.05, 4.69) is 13.2 Å². The summed E-state index contributed by atoms with van der Waals surface area (Å²) >= 11 is 0. The number of ether oxygens (including phenoxy) is 2. The summed E-state index contributed by atoms with van der Waals surface area (Å²) < 4.78 is 12.1. The first-order valence-corrected chi connectivity index (χ1v) is 12.8. The van der Waals surface area contributed by atoms with Crippen molar-refractivity contribution in [2.24, 2.45) is 0 Å². The summed E-state index contributed by atoms with van der Waals surface area (Å²) in [7, 11) is 0. The molecule has 0 saturated heterocycles. The van der Waals surface area contributed by atoms with Gasteiger partial charge in [0, 0.05) is 0 Å². The molecule has 0 N–H and O–H groups in total. The lowest BCUT2D eigenvalue weighted by Crippen LogP contribution is -2.24. The van der Waals surface area contributed by atoms with Gasteiger partial charge in [0.05, 0.1) is 44.0 Å². The minimum atomic E-state index is -0.716. The normalized spacial score (nSPS) is 11.1. The van der Waals surface area contributed by atoms with E-state index in [1.165, 1.54) is 60.7 Å². The molecular formula is C32H24N2O8. The Kier molecular flexibility index (Phi) is 7.13. The molecule has 2 aromatic heterocycles. The third-order valence-electron chi connectivity index (χ3n) is 6.47. The zero-order valence-electron chi connectivity index (χ0n) is 22.8. The van der Waals surface area contributed by atoms with E-state index >= 15 is 0 Å². The molecule has 0 aliphatic rings. The number of hydrogen-bond donors (Lipinski definition) is 0. The summed E-state index contributed by atoms with van der Waals surface area (Å²) in [6, 6.07) is 14.1. The SMILES string of the molecule is C=C(C)COC(=O)c1cccc(-n2c(=O)c3cc4c(=O)n(-c5cccc(C(=O)OCC(=C)C)c5)c(=O)c4cc3c2=O)c1. The maximum atomic E-state index is 13.4. The highest BCUT2D eigenvalue weighted by molar-refractivity contribution is 5.98. The van der Waals surface area contributed by atoms with Gasteiger partial charge in [0.15, 0.2) is 0 Å². The van der Waals surface area contributed by atoms with Crippen molar-refractivity contribution in [3.05, 3.63) is 138 Å². The van der Waals surface area contributed by atoms with E-state index in [1.807, 2.05) is 0 Å². The second-order valence-corrected chi connectivity index (χ2v) is 10.0. The molecule has 3 aromatic carbocycles. The number of aromatic nitrogens is 2. The topological polar surface area (TPSA) is 131 Å². The lowest BCUT2D eigenvalue weighted by Gasteiger charge is -2.06. The number of fused-ring (bicyclic) bond motifs is 2. The quantitative estimate of drug-likeness (QED) is 0.207. The van der Waals surface area contributed by atoms with Crippen LogP contribution in [-0.4, -0.2) is 34.3 Å². The summed E-state index contributed by atoms with van der Waals surface area (Å²) in [6.45, 7) is 10.8. The van der Waals surface area contributed by atoms with Crippen LogP contribution in [0.2, 0.25) is 0 Å². The van der Waals surface area contributed by atoms with Crippen molar-refractivity contribution in [3.8, 4) is 11.4 Å².